The van der Waals surface area contributed by atoms with Crippen LogP contribution in [-0.4, -0.2) is 6.54 Å². The third-order valence-corrected chi connectivity index (χ3v) is 4.18. The lowest BCUT2D eigenvalue weighted by Gasteiger charge is -2.20. The molecule has 0 aliphatic heterocycles. The molecule has 0 saturated carbocycles. The predicted octanol–water partition coefficient (Wildman–Crippen LogP) is 4.83. The van der Waals surface area contributed by atoms with E-state index in [1.807, 2.05) is 24.3 Å². The van der Waals surface area contributed by atoms with E-state index in [1.165, 1.54) is 0 Å². The number of hydrogen-bond donors (Lipinski definition) is 1. The molecule has 2 nitrogen and oxygen atoms in total. The van der Waals surface area contributed by atoms with Crippen molar-refractivity contribution in [3.8, 4) is 5.75 Å². The van der Waals surface area contributed by atoms with Crippen LogP contribution in [0.3, 0.4) is 0 Å². The van der Waals surface area contributed by atoms with Gasteiger partial charge < -0.3 is 10.5 Å². The Bertz CT molecular complexity index is 577. The van der Waals surface area contributed by atoms with Gasteiger partial charge in [-0.25, -0.2) is 0 Å². The van der Waals surface area contributed by atoms with Crippen LogP contribution >= 0.6 is 39.1 Å². The first-order chi connectivity index (χ1) is 9.13. The van der Waals surface area contributed by atoms with Crippen LogP contribution in [0.25, 0.3) is 0 Å². The van der Waals surface area contributed by atoms with E-state index in [0.717, 1.165) is 10.0 Å². The van der Waals surface area contributed by atoms with Crippen LogP contribution in [0.1, 0.15) is 11.7 Å². The van der Waals surface area contributed by atoms with E-state index in [1.54, 1.807) is 18.2 Å². The first-order valence-corrected chi connectivity index (χ1v) is 7.23. The van der Waals surface area contributed by atoms with Gasteiger partial charge in [0.05, 0.1) is 5.02 Å². The normalized spacial score (nSPS) is 12.2. The fourth-order valence-electron chi connectivity index (χ4n) is 1.70. The van der Waals surface area contributed by atoms with Crippen molar-refractivity contribution >= 4 is 39.1 Å². The van der Waals surface area contributed by atoms with E-state index in [4.69, 9.17) is 33.7 Å². The molecule has 0 aromatic heterocycles. The number of hydrogen-bond acceptors (Lipinski definition) is 2. The quantitative estimate of drug-likeness (QED) is 0.846. The summed E-state index contributed by atoms with van der Waals surface area (Å²) in [6, 6.07) is 13.1. The minimum absolute atomic E-state index is 0.286. The van der Waals surface area contributed by atoms with Crippen molar-refractivity contribution in [3.05, 3.63) is 62.5 Å². The third-order valence-electron chi connectivity index (χ3n) is 2.65. The lowest BCUT2D eigenvalue weighted by molar-refractivity contribution is 0.213. The van der Waals surface area contributed by atoms with Crippen LogP contribution < -0.4 is 10.5 Å². The average Bonchev–Trinajstić information content (AvgIpc) is 2.41. The Morgan fingerprint density at radius 1 is 1.11 bits per heavy atom. The summed E-state index contributed by atoms with van der Waals surface area (Å²) in [5.41, 5.74) is 6.76. The van der Waals surface area contributed by atoms with Crippen molar-refractivity contribution in [2.24, 2.45) is 5.73 Å². The standard InChI is InChI=1S/C14H12BrCl2NO/c15-10-5-2-1-4-9(10)13(8-18)19-12-7-3-6-11(16)14(12)17/h1-7,13H,8,18H2. The minimum atomic E-state index is -0.286. The smallest absolute Gasteiger partial charge is 0.140 e. The molecule has 0 heterocycles. The second-order valence-electron chi connectivity index (χ2n) is 3.92. The lowest BCUT2D eigenvalue weighted by atomic mass is 10.1. The summed E-state index contributed by atoms with van der Waals surface area (Å²) >= 11 is 15.6. The van der Waals surface area contributed by atoms with Crippen LogP contribution in [0.15, 0.2) is 46.9 Å². The van der Waals surface area contributed by atoms with Gasteiger partial charge in [-0.15, -0.1) is 0 Å². The van der Waals surface area contributed by atoms with Crippen molar-refractivity contribution in [3.63, 3.8) is 0 Å². The predicted molar refractivity (Wildman–Crippen MR) is 83.0 cm³/mol. The zero-order valence-corrected chi connectivity index (χ0v) is 13.0. The van der Waals surface area contributed by atoms with E-state index in [9.17, 15) is 0 Å². The summed E-state index contributed by atoms with van der Waals surface area (Å²) in [5, 5.41) is 0.858. The molecule has 2 rings (SSSR count). The van der Waals surface area contributed by atoms with Crippen LogP contribution in [0.2, 0.25) is 10.0 Å². The van der Waals surface area contributed by atoms with Gasteiger partial charge in [-0.3, -0.25) is 0 Å². The summed E-state index contributed by atoms with van der Waals surface area (Å²) in [4.78, 5) is 0. The van der Waals surface area contributed by atoms with Gasteiger partial charge >= 0.3 is 0 Å². The number of nitrogens with two attached hydrogens (primary N) is 1. The van der Waals surface area contributed by atoms with E-state index in [-0.39, 0.29) is 6.10 Å². The van der Waals surface area contributed by atoms with Gasteiger partial charge in [0.1, 0.15) is 16.9 Å². The SMILES string of the molecule is NCC(Oc1cccc(Cl)c1Cl)c1ccccc1Br. The Morgan fingerprint density at radius 2 is 1.84 bits per heavy atom. The molecular formula is C14H12BrCl2NO. The molecule has 0 fully saturated rings. The maximum absolute atomic E-state index is 6.11. The number of rotatable bonds is 4. The molecule has 2 aromatic rings. The monoisotopic (exact) mass is 359 g/mol. The molecule has 0 aliphatic carbocycles. The Morgan fingerprint density at radius 3 is 2.53 bits per heavy atom. The van der Waals surface area contributed by atoms with E-state index in [2.05, 4.69) is 15.9 Å². The summed E-state index contributed by atoms with van der Waals surface area (Å²) < 4.78 is 6.82. The van der Waals surface area contributed by atoms with E-state index >= 15 is 0 Å². The van der Waals surface area contributed by atoms with Crippen molar-refractivity contribution in [2.75, 3.05) is 6.54 Å². The van der Waals surface area contributed by atoms with Crippen molar-refractivity contribution in [1.29, 1.82) is 0 Å². The van der Waals surface area contributed by atoms with Gasteiger partial charge in [-0.05, 0) is 18.2 Å². The zero-order chi connectivity index (χ0) is 13.8. The van der Waals surface area contributed by atoms with E-state index < -0.39 is 0 Å². The molecule has 1 unspecified atom stereocenters. The maximum Gasteiger partial charge on any atom is 0.140 e. The molecule has 0 saturated heterocycles. The fraction of sp³-hybridized carbons (Fsp3) is 0.143. The van der Waals surface area contributed by atoms with Gasteiger partial charge in [-0.1, -0.05) is 63.4 Å². The van der Waals surface area contributed by atoms with Crippen LogP contribution in [0.4, 0.5) is 0 Å². The summed E-state index contributed by atoms with van der Waals surface area (Å²) in [5.74, 6) is 0.528. The molecule has 100 valence electrons. The Balaban J connectivity index is 2.30. The first kappa shape index (κ1) is 14.7. The molecule has 5 heteroatoms. The van der Waals surface area contributed by atoms with Crippen molar-refractivity contribution in [2.45, 2.75) is 6.10 Å². The maximum atomic E-state index is 6.11. The first-order valence-electron chi connectivity index (χ1n) is 5.68. The highest BCUT2D eigenvalue weighted by atomic mass is 79.9. The van der Waals surface area contributed by atoms with Gasteiger partial charge in [-0.2, -0.15) is 0 Å². The zero-order valence-electron chi connectivity index (χ0n) is 9.95. The summed E-state index contributed by atoms with van der Waals surface area (Å²) in [6.07, 6.45) is -0.286. The van der Waals surface area contributed by atoms with Gasteiger partial charge in [0, 0.05) is 16.6 Å². The summed E-state index contributed by atoms with van der Waals surface area (Å²) in [7, 11) is 0. The highest BCUT2D eigenvalue weighted by molar-refractivity contribution is 9.10. The van der Waals surface area contributed by atoms with Gasteiger partial charge in [0.2, 0.25) is 0 Å². The molecular weight excluding hydrogens is 349 g/mol. The van der Waals surface area contributed by atoms with Crippen LogP contribution in [-0.2, 0) is 0 Å². The number of benzene rings is 2. The lowest BCUT2D eigenvalue weighted by Crippen LogP contribution is -2.19. The Labute approximate surface area is 130 Å². The molecule has 0 aliphatic rings. The molecule has 0 spiro atoms. The van der Waals surface area contributed by atoms with Gasteiger partial charge in [0.25, 0.3) is 0 Å². The highest BCUT2D eigenvalue weighted by Crippen LogP contribution is 2.35. The largest absolute Gasteiger partial charge is 0.483 e. The van der Waals surface area contributed by atoms with Gasteiger partial charge in [0.15, 0.2) is 0 Å². The second-order valence-corrected chi connectivity index (χ2v) is 5.56. The summed E-state index contributed by atoms with van der Waals surface area (Å²) in [6.45, 7) is 0.339. The molecule has 1 atom stereocenters. The van der Waals surface area contributed by atoms with Crippen LogP contribution in [0.5, 0.6) is 5.75 Å². The van der Waals surface area contributed by atoms with Crippen molar-refractivity contribution in [1.82, 2.24) is 0 Å². The number of halogens is 3. The Kier molecular flexibility index (Phi) is 5.11. The fourth-order valence-corrected chi connectivity index (χ4v) is 2.58. The van der Waals surface area contributed by atoms with E-state index in [0.29, 0.717) is 22.3 Å². The Hall–Kier alpha value is -0.740. The average molecular weight is 361 g/mol. The minimum Gasteiger partial charge on any atom is -0.483 e. The molecule has 0 amide bonds. The third kappa shape index (κ3) is 3.42. The second kappa shape index (κ2) is 6.62. The molecule has 0 radical (unpaired) electrons. The number of ether oxygens (including phenoxy) is 1. The molecule has 2 aromatic carbocycles. The molecule has 0 bridgehead atoms. The molecule has 19 heavy (non-hydrogen) atoms. The molecule has 2 N–H and O–H groups in total. The topological polar surface area (TPSA) is 35.2 Å². The van der Waals surface area contributed by atoms with Crippen molar-refractivity contribution < 1.29 is 4.74 Å². The highest BCUT2D eigenvalue weighted by Gasteiger charge is 2.16. The van der Waals surface area contributed by atoms with Crippen LogP contribution in [0, 0.1) is 0 Å².